The second-order valence-corrected chi connectivity index (χ2v) is 9.67. The number of hydrogen-bond acceptors (Lipinski definition) is 6. The van der Waals surface area contributed by atoms with E-state index in [-0.39, 0.29) is 0 Å². The summed E-state index contributed by atoms with van der Waals surface area (Å²) in [4.78, 5) is 21.0. The lowest BCUT2D eigenvalue weighted by molar-refractivity contribution is -0.148. The zero-order chi connectivity index (χ0) is 19.9. The SMILES string of the molecule is CC(C)(CN1CCN(C2=Nc3ccc(Br)cc3Nc3sccc32)CC1)C(=O)O. The molecule has 0 unspecified atom stereocenters. The fraction of sp³-hybridized carbons (Fsp3) is 0.400. The van der Waals surface area contributed by atoms with Crippen molar-refractivity contribution in [3.8, 4) is 0 Å². The van der Waals surface area contributed by atoms with Gasteiger partial charge in [0.15, 0.2) is 0 Å². The van der Waals surface area contributed by atoms with Gasteiger partial charge in [-0.05, 0) is 43.5 Å². The molecule has 148 valence electrons. The van der Waals surface area contributed by atoms with E-state index in [2.05, 4.69) is 48.6 Å². The highest BCUT2D eigenvalue weighted by atomic mass is 79.9. The van der Waals surface area contributed by atoms with Crippen molar-refractivity contribution in [2.24, 2.45) is 10.4 Å². The summed E-state index contributed by atoms with van der Waals surface area (Å²) in [6, 6.07) is 8.20. The predicted octanol–water partition coefficient (Wildman–Crippen LogP) is 4.37. The Morgan fingerprint density at radius 1 is 1.29 bits per heavy atom. The number of benzene rings is 1. The van der Waals surface area contributed by atoms with Gasteiger partial charge >= 0.3 is 5.97 Å². The molecule has 0 atom stereocenters. The molecule has 1 aromatic heterocycles. The van der Waals surface area contributed by atoms with Crippen LogP contribution in [0.15, 0.2) is 39.1 Å². The maximum atomic E-state index is 11.4. The number of nitrogens with zero attached hydrogens (tertiary/aromatic N) is 3. The number of anilines is 2. The topological polar surface area (TPSA) is 68.2 Å². The molecule has 2 N–H and O–H groups in total. The van der Waals surface area contributed by atoms with Crippen molar-refractivity contribution in [1.82, 2.24) is 9.80 Å². The predicted molar refractivity (Wildman–Crippen MR) is 117 cm³/mol. The quantitative estimate of drug-likeness (QED) is 0.708. The largest absolute Gasteiger partial charge is 0.481 e. The number of nitrogens with one attached hydrogen (secondary N) is 1. The first-order chi connectivity index (χ1) is 13.3. The summed E-state index contributed by atoms with van der Waals surface area (Å²) in [5.74, 6) is 0.238. The third-order valence-corrected chi connectivity index (χ3v) is 6.53. The second kappa shape index (κ2) is 7.50. The Morgan fingerprint density at radius 3 is 2.75 bits per heavy atom. The summed E-state index contributed by atoms with van der Waals surface area (Å²) >= 11 is 5.21. The van der Waals surface area contributed by atoms with E-state index in [1.54, 1.807) is 25.2 Å². The van der Waals surface area contributed by atoms with Gasteiger partial charge in [0.1, 0.15) is 10.8 Å². The van der Waals surface area contributed by atoms with Crippen molar-refractivity contribution in [2.75, 3.05) is 38.0 Å². The summed E-state index contributed by atoms with van der Waals surface area (Å²) < 4.78 is 1.02. The van der Waals surface area contributed by atoms with E-state index in [9.17, 15) is 9.90 Å². The number of rotatable bonds is 3. The minimum absolute atomic E-state index is 0.560. The highest BCUT2D eigenvalue weighted by Gasteiger charge is 2.32. The summed E-state index contributed by atoms with van der Waals surface area (Å²) in [5.41, 5.74) is 2.31. The lowest BCUT2D eigenvalue weighted by atomic mass is 9.93. The average molecular weight is 463 g/mol. The van der Waals surface area contributed by atoms with Gasteiger partial charge in [-0.25, -0.2) is 4.99 Å². The van der Waals surface area contributed by atoms with Gasteiger partial charge in [0.05, 0.1) is 22.4 Å². The average Bonchev–Trinajstić information content (AvgIpc) is 3.04. The first-order valence-electron chi connectivity index (χ1n) is 9.27. The lowest BCUT2D eigenvalue weighted by Gasteiger charge is -2.38. The molecule has 2 aromatic rings. The number of thiophene rings is 1. The number of piperazine rings is 1. The van der Waals surface area contributed by atoms with Crippen molar-refractivity contribution in [1.29, 1.82) is 0 Å². The zero-order valence-electron chi connectivity index (χ0n) is 15.9. The Labute approximate surface area is 177 Å². The molecule has 0 bridgehead atoms. The maximum absolute atomic E-state index is 11.4. The molecule has 2 aliphatic rings. The molecule has 0 amide bonds. The van der Waals surface area contributed by atoms with E-state index < -0.39 is 11.4 Å². The van der Waals surface area contributed by atoms with E-state index in [0.29, 0.717) is 6.54 Å². The van der Waals surface area contributed by atoms with Crippen LogP contribution < -0.4 is 5.32 Å². The van der Waals surface area contributed by atoms with E-state index in [1.165, 1.54) is 0 Å². The van der Waals surface area contributed by atoms with Crippen LogP contribution in [0.1, 0.15) is 19.4 Å². The molecule has 3 heterocycles. The monoisotopic (exact) mass is 462 g/mol. The first-order valence-corrected chi connectivity index (χ1v) is 10.9. The molecule has 0 radical (unpaired) electrons. The van der Waals surface area contributed by atoms with E-state index >= 15 is 0 Å². The number of amidine groups is 1. The van der Waals surface area contributed by atoms with Crippen LogP contribution in [0.2, 0.25) is 0 Å². The maximum Gasteiger partial charge on any atom is 0.310 e. The number of carbonyl (C=O) groups is 1. The standard InChI is InChI=1S/C20H23BrN4O2S/c1-20(2,19(26)27)12-24-6-8-25(9-7-24)17-14-5-10-28-18(14)23-16-11-13(21)3-4-15(16)22-17/h3-5,10-11,23H,6-9,12H2,1-2H3,(H,26,27). The van der Waals surface area contributed by atoms with Crippen molar-refractivity contribution >= 4 is 55.4 Å². The number of halogens is 1. The van der Waals surface area contributed by atoms with Crippen LogP contribution in [0.5, 0.6) is 0 Å². The van der Waals surface area contributed by atoms with Crippen LogP contribution in [-0.2, 0) is 4.79 Å². The van der Waals surface area contributed by atoms with Crippen molar-refractivity contribution in [3.63, 3.8) is 0 Å². The smallest absolute Gasteiger partial charge is 0.310 e. The fourth-order valence-corrected chi connectivity index (χ4v) is 4.73. The lowest BCUT2D eigenvalue weighted by Crippen LogP contribution is -2.51. The molecule has 28 heavy (non-hydrogen) atoms. The minimum atomic E-state index is -0.750. The third kappa shape index (κ3) is 3.81. The molecular weight excluding hydrogens is 440 g/mol. The van der Waals surface area contributed by atoms with Crippen molar-refractivity contribution in [3.05, 3.63) is 39.7 Å². The van der Waals surface area contributed by atoms with Crippen molar-refractivity contribution in [2.45, 2.75) is 13.8 Å². The highest BCUT2D eigenvalue weighted by molar-refractivity contribution is 9.10. The summed E-state index contributed by atoms with van der Waals surface area (Å²) in [5, 5.41) is 16.1. The highest BCUT2D eigenvalue weighted by Crippen LogP contribution is 2.39. The van der Waals surface area contributed by atoms with Gasteiger partial charge in [-0.2, -0.15) is 0 Å². The molecule has 0 saturated carbocycles. The number of hydrogen-bond donors (Lipinski definition) is 2. The van der Waals surface area contributed by atoms with Gasteiger partial charge in [0, 0.05) is 37.2 Å². The molecular formula is C20H23BrN4O2S. The minimum Gasteiger partial charge on any atom is -0.481 e. The first kappa shape index (κ1) is 19.4. The van der Waals surface area contributed by atoms with Crippen molar-refractivity contribution < 1.29 is 9.90 Å². The number of aliphatic carboxylic acids is 1. The molecule has 4 rings (SSSR count). The summed E-state index contributed by atoms with van der Waals surface area (Å²) in [6.07, 6.45) is 0. The van der Waals surface area contributed by atoms with Gasteiger partial charge in [-0.3, -0.25) is 9.69 Å². The molecule has 1 aromatic carbocycles. The third-order valence-electron chi connectivity index (χ3n) is 5.21. The van der Waals surface area contributed by atoms with Gasteiger partial charge in [-0.15, -0.1) is 11.3 Å². The van der Waals surface area contributed by atoms with Crippen LogP contribution in [0.25, 0.3) is 0 Å². The number of aliphatic imine (C=N–C) groups is 1. The number of fused-ring (bicyclic) bond motifs is 2. The molecule has 0 aliphatic carbocycles. The molecule has 2 aliphatic heterocycles. The molecule has 1 saturated heterocycles. The molecule has 6 nitrogen and oxygen atoms in total. The van der Waals surface area contributed by atoms with Crippen LogP contribution in [-0.4, -0.2) is 59.4 Å². The number of carboxylic acid groups (broad SMARTS) is 1. The summed E-state index contributed by atoms with van der Waals surface area (Å²) in [6.45, 7) is 7.45. The second-order valence-electron chi connectivity index (χ2n) is 7.84. The van der Waals surface area contributed by atoms with E-state index in [0.717, 1.165) is 58.4 Å². The summed E-state index contributed by atoms with van der Waals surface area (Å²) in [7, 11) is 0. The van der Waals surface area contributed by atoms with Gasteiger partial charge < -0.3 is 15.3 Å². The number of carboxylic acids is 1. The molecule has 0 spiro atoms. The Hall–Kier alpha value is -1.90. The molecule has 8 heteroatoms. The van der Waals surface area contributed by atoms with E-state index in [4.69, 9.17) is 4.99 Å². The Bertz CT molecular complexity index is 932. The zero-order valence-corrected chi connectivity index (χ0v) is 18.3. The normalized spacial score (nSPS) is 17.2. The Morgan fingerprint density at radius 2 is 2.04 bits per heavy atom. The Kier molecular flexibility index (Phi) is 5.20. The van der Waals surface area contributed by atoms with Crippen LogP contribution in [0.3, 0.4) is 0 Å². The van der Waals surface area contributed by atoms with E-state index in [1.807, 2.05) is 12.1 Å². The molecule has 1 fully saturated rings. The fourth-order valence-electron chi connectivity index (χ4n) is 3.57. The van der Waals surface area contributed by atoms with Gasteiger partial charge in [-0.1, -0.05) is 15.9 Å². The van der Waals surface area contributed by atoms with Crippen LogP contribution in [0, 0.1) is 5.41 Å². The van der Waals surface area contributed by atoms with Crippen LogP contribution >= 0.6 is 27.3 Å². The van der Waals surface area contributed by atoms with Gasteiger partial charge in [0.25, 0.3) is 0 Å². The van der Waals surface area contributed by atoms with Crippen LogP contribution in [0.4, 0.5) is 16.4 Å². The van der Waals surface area contributed by atoms with Gasteiger partial charge in [0.2, 0.25) is 0 Å². The Balaban J connectivity index is 1.56.